The molecule has 0 saturated carbocycles. The summed E-state index contributed by atoms with van der Waals surface area (Å²) in [6.45, 7) is 4.90. The van der Waals surface area contributed by atoms with Crippen LogP contribution >= 0.6 is 0 Å². The van der Waals surface area contributed by atoms with Crippen molar-refractivity contribution in [3.8, 4) is 0 Å². The predicted molar refractivity (Wildman–Crippen MR) is 119 cm³/mol. The summed E-state index contributed by atoms with van der Waals surface area (Å²) in [5, 5.41) is 3.89. The van der Waals surface area contributed by atoms with Gasteiger partial charge < -0.3 is 10.2 Å². The molecular weight excluding hydrogens is 374 g/mol. The lowest BCUT2D eigenvalue weighted by Gasteiger charge is -2.26. The second kappa shape index (κ2) is 8.69. The third-order valence-electron chi connectivity index (χ3n) is 4.86. The summed E-state index contributed by atoms with van der Waals surface area (Å²) in [6.07, 6.45) is 4.84. The van der Waals surface area contributed by atoms with Gasteiger partial charge in [-0.1, -0.05) is 48.5 Å². The van der Waals surface area contributed by atoms with Gasteiger partial charge in [0, 0.05) is 36.6 Å². The molecule has 2 aromatic heterocycles. The molecule has 0 atom stereocenters. The molecule has 4 rings (SSSR count). The summed E-state index contributed by atoms with van der Waals surface area (Å²) in [5.41, 5.74) is 2.99. The number of pyridine rings is 1. The van der Waals surface area contributed by atoms with E-state index in [1.54, 1.807) is 18.6 Å². The topological polar surface area (TPSA) is 71.0 Å². The van der Waals surface area contributed by atoms with Crippen molar-refractivity contribution in [1.82, 2.24) is 15.0 Å². The van der Waals surface area contributed by atoms with E-state index < -0.39 is 0 Å². The minimum absolute atomic E-state index is 0.214. The molecule has 0 aliphatic rings. The minimum atomic E-state index is -0.265. The van der Waals surface area contributed by atoms with Crippen LogP contribution in [0.3, 0.4) is 0 Å². The predicted octanol–water partition coefficient (Wildman–Crippen LogP) is 4.69. The molecule has 150 valence electrons. The molecule has 4 aromatic rings. The number of aromatic nitrogens is 3. The number of nitrogens with one attached hydrogen (secondary N) is 1. The zero-order chi connectivity index (χ0) is 20.9. The Hall–Kier alpha value is -3.80. The first-order valence-electron chi connectivity index (χ1n) is 9.89. The van der Waals surface area contributed by atoms with E-state index >= 15 is 0 Å². The highest BCUT2D eigenvalue weighted by molar-refractivity contribution is 6.08. The fraction of sp³-hybridized carbons (Fsp3) is 0.167. The Bertz CT molecular complexity index is 1140. The van der Waals surface area contributed by atoms with Gasteiger partial charge in [-0.3, -0.25) is 9.78 Å². The van der Waals surface area contributed by atoms with Gasteiger partial charge in [0.2, 0.25) is 5.95 Å². The van der Waals surface area contributed by atoms with Crippen LogP contribution in [0.1, 0.15) is 29.8 Å². The molecule has 2 aromatic carbocycles. The van der Waals surface area contributed by atoms with Crippen molar-refractivity contribution in [3.05, 3.63) is 90.4 Å². The van der Waals surface area contributed by atoms with Gasteiger partial charge in [-0.05, 0) is 31.5 Å². The summed E-state index contributed by atoms with van der Waals surface area (Å²) in [4.78, 5) is 28.1. The molecule has 1 amide bonds. The van der Waals surface area contributed by atoms with Crippen molar-refractivity contribution in [2.75, 3.05) is 10.2 Å². The van der Waals surface area contributed by atoms with Crippen molar-refractivity contribution in [2.45, 2.75) is 26.4 Å². The highest BCUT2D eigenvalue weighted by atomic mass is 16.1. The molecule has 2 heterocycles. The number of nitrogens with zero attached hydrogens (tertiary/aromatic N) is 4. The number of hydrogen-bond acceptors (Lipinski definition) is 5. The molecule has 0 fully saturated rings. The molecular formula is C24H23N5O. The largest absolute Gasteiger partial charge is 0.334 e. The fourth-order valence-corrected chi connectivity index (χ4v) is 3.25. The Kier molecular flexibility index (Phi) is 5.66. The SMILES string of the molecule is CC(C)N(Cc1ccccc1)c1ncc(C(=O)Nc2cccc3cccnc23)cn1. The minimum Gasteiger partial charge on any atom is -0.334 e. The number of hydrogen-bond donors (Lipinski definition) is 1. The van der Waals surface area contributed by atoms with Crippen molar-refractivity contribution in [2.24, 2.45) is 0 Å². The van der Waals surface area contributed by atoms with Crippen molar-refractivity contribution in [1.29, 1.82) is 0 Å². The molecule has 0 saturated heterocycles. The second-order valence-electron chi connectivity index (χ2n) is 7.31. The highest BCUT2D eigenvalue weighted by Gasteiger charge is 2.16. The first-order chi connectivity index (χ1) is 14.6. The summed E-state index contributed by atoms with van der Waals surface area (Å²) >= 11 is 0. The summed E-state index contributed by atoms with van der Waals surface area (Å²) in [7, 11) is 0. The zero-order valence-corrected chi connectivity index (χ0v) is 17.0. The van der Waals surface area contributed by atoms with E-state index in [2.05, 4.69) is 51.1 Å². The van der Waals surface area contributed by atoms with Crippen LogP contribution in [0.15, 0.2) is 79.3 Å². The van der Waals surface area contributed by atoms with E-state index in [4.69, 9.17) is 0 Å². The van der Waals surface area contributed by atoms with E-state index in [9.17, 15) is 4.79 Å². The van der Waals surface area contributed by atoms with Crippen LogP contribution in [0, 0.1) is 0 Å². The van der Waals surface area contributed by atoms with Gasteiger partial charge in [0.15, 0.2) is 0 Å². The smallest absolute Gasteiger partial charge is 0.258 e. The molecule has 6 nitrogen and oxygen atoms in total. The maximum Gasteiger partial charge on any atom is 0.258 e. The second-order valence-corrected chi connectivity index (χ2v) is 7.31. The van der Waals surface area contributed by atoms with E-state index in [0.717, 1.165) is 10.9 Å². The van der Waals surface area contributed by atoms with Gasteiger partial charge in [-0.25, -0.2) is 9.97 Å². The van der Waals surface area contributed by atoms with Gasteiger partial charge in [0.25, 0.3) is 5.91 Å². The third-order valence-corrected chi connectivity index (χ3v) is 4.86. The van der Waals surface area contributed by atoms with Crippen LogP contribution in [-0.2, 0) is 6.54 Å². The number of fused-ring (bicyclic) bond motifs is 1. The number of anilines is 2. The number of carbonyl (C=O) groups excluding carboxylic acids is 1. The molecule has 0 unspecified atom stereocenters. The average Bonchev–Trinajstić information content (AvgIpc) is 2.78. The van der Waals surface area contributed by atoms with Crippen LogP contribution < -0.4 is 10.2 Å². The normalized spacial score (nSPS) is 10.9. The standard InChI is InChI=1S/C24H23N5O/c1-17(2)29(16-18-8-4-3-5-9-18)24-26-14-20(15-27-24)23(30)28-21-12-6-10-19-11-7-13-25-22(19)21/h3-15,17H,16H2,1-2H3,(H,28,30). The first kappa shape index (κ1) is 19.5. The Morgan fingerprint density at radius 1 is 0.933 bits per heavy atom. The van der Waals surface area contributed by atoms with E-state index in [0.29, 0.717) is 23.7 Å². The van der Waals surface area contributed by atoms with E-state index in [1.165, 1.54) is 5.56 Å². The number of para-hydroxylation sites is 1. The van der Waals surface area contributed by atoms with Gasteiger partial charge >= 0.3 is 0 Å². The molecule has 1 N–H and O–H groups in total. The van der Waals surface area contributed by atoms with Crippen LogP contribution in [0.4, 0.5) is 11.6 Å². The molecule has 0 bridgehead atoms. The Labute approximate surface area is 175 Å². The summed E-state index contributed by atoms with van der Waals surface area (Å²) < 4.78 is 0. The number of benzene rings is 2. The Morgan fingerprint density at radius 2 is 1.67 bits per heavy atom. The monoisotopic (exact) mass is 397 g/mol. The highest BCUT2D eigenvalue weighted by Crippen LogP contribution is 2.21. The van der Waals surface area contributed by atoms with Crippen molar-refractivity contribution >= 4 is 28.4 Å². The van der Waals surface area contributed by atoms with Crippen molar-refractivity contribution in [3.63, 3.8) is 0 Å². The lowest BCUT2D eigenvalue weighted by molar-refractivity contribution is 0.102. The molecule has 0 aliphatic carbocycles. The summed E-state index contributed by atoms with van der Waals surface area (Å²) in [5.74, 6) is 0.330. The van der Waals surface area contributed by atoms with E-state index in [-0.39, 0.29) is 11.9 Å². The molecule has 0 spiro atoms. The number of carbonyl (C=O) groups is 1. The third kappa shape index (κ3) is 4.27. The molecule has 0 radical (unpaired) electrons. The molecule has 6 heteroatoms. The lowest BCUT2D eigenvalue weighted by Crippen LogP contribution is -2.31. The van der Waals surface area contributed by atoms with Crippen LogP contribution in [-0.4, -0.2) is 26.9 Å². The van der Waals surface area contributed by atoms with Gasteiger partial charge in [0.1, 0.15) is 0 Å². The fourth-order valence-electron chi connectivity index (χ4n) is 3.25. The van der Waals surface area contributed by atoms with Gasteiger partial charge in [-0.15, -0.1) is 0 Å². The molecule has 0 aliphatic heterocycles. The van der Waals surface area contributed by atoms with E-state index in [1.807, 2.05) is 48.5 Å². The maximum absolute atomic E-state index is 12.7. The zero-order valence-electron chi connectivity index (χ0n) is 17.0. The number of rotatable bonds is 6. The number of amides is 1. The van der Waals surface area contributed by atoms with Crippen molar-refractivity contribution < 1.29 is 4.79 Å². The van der Waals surface area contributed by atoms with Crippen LogP contribution in [0.5, 0.6) is 0 Å². The maximum atomic E-state index is 12.7. The molecule has 30 heavy (non-hydrogen) atoms. The van der Waals surface area contributed by atoms with Gasteiger partial charge in [0.05, 0.1) is 16.8 Å². The first-order valence-corrected chi connectivity index (χ1v) is 9.89. The lowest BCUT2D eigenvalue weighted by atomic mass is 10.2. The van der Waals surface area contributed by atoms with Crippen LogP contribution in [0.25, 0.3) is 10.9 Å². The van der Waals surface area contributed by atoms with Gasteiger partial charge in [-0.2, -0.15) is 0 Å². The summed E-state index contributed by atoms with van der Waals surface area (Å²) in [6, 6.07) is 19.9. The Balaban J connectivity index is 1.52. The van der Waals surface area contributed by atoms with Crippen LogP contribution in [0.2, 0.25) is 0 Å². The average molecular weight is 397 g/mol. The quantitative estimate of drug-likeness (QED) is 0.511. The Morgan fingerprint density at radius 3 is 2.40 bits per heavy atom.